The van der Waals surface area contributed by atoms with E-state index in [4.69, 9.17) is 4.52 Å². The highest BCUT2D eigenvalue weighted by Gasteiger charge is 2.13. The molecule has 104 valence electrons. The van der Waals surface area contributed by atoms with Gasteiger partial charge in [-0.15, -0.1) is 0 Å². The van der Waals surface area contributed by atoms with Crippen molar-refractivity contribution in [3.8, 4) is 0 Å². The topological polar surface area (TPSA) is 46.0 Å². The number of aromatic nitrogens is 1. The fourth-order valence-corrected chi connectivity index (χ4v) is 2.40. The first-order valence-corrected chi connectivity index (χ1v) is 7.46. The predicted molar refractivity (Wildman–Crippen MR) is 75.0 cm³/mol. The number of aromatic amines is 1. The summed E-state index contributed by atoms with van der Waals surface area (Å²) in [6, 6.07) is 1.62. The molecule has 0 radical (unpaired) electrons. The third kappa shape index (κ3) is 5.56. The quantitative estimate of drug-likeness (QED) is 0.619. The fraction of sp³-hybridized carbons (Fsp3) is 0.800. The van der Waals surface area contributed by atoms with Gasteiger partial charge in [-0.05, 0) is 12.8 Å². The summed E-state index contributed by atoms with van der Waals surface area (Å²) < 4.78 is 4.79. The van der Waals surface area contributed by atoms with Crippen molar-refractivity contribution in [2.75, 3.05) is 0 Å². The summed E-state index contributed by atoms with van der Waals surface area (Å²) in [5.41, 5.74) is 0.737. The van der Waals surface area contributed by atoms with E-state index in [0.717, 1.165) is 12.1 Å². The number of H-pyrrole nitrogens is 1. The largest absolute Gasteiger partial charge is 0.357 e. The van der Waals surface area contributed by atoms with E-state index in [9.17, 15) is 4.79 Å². The van der Waals surface area contributed by atoms with Gasteiger partial charge >= 0.3 is 5.63 Å². The van der Waals surface area contributed by atoms with Gasteiger partial charge in [-0.1, -0.05) is 58.8 Å². The summed E-state index contributed by atoms with van der Waals surface area (Å²) in [6.07, 6.45) is 11.2. The van der Waals surface area contributed by atoms with Crippen molar-refractivity contribution in [3.63, 3.8) is 0 Å². The zero-order valence-electron chi connectivity index (χ0n) is 11.8. The zero-order valence-corrected chi connectivity index (χ0v) is 11.8. The molecule has 1 atom stereocenters. The Balaban J connectivity index is 2.38. The lowest BCUT2D eigenvalue weighted by Crippen LogP contribution is -2.00. The van der Waals surface area contributed by atoms with Crippen LogP contribution in [0.25, 0.3) is 0 Å². The number of hydrogen-bond acceptors (Lipinski definition) is 2. The van der Waals surface area contributed by atoms with Crippen LogP contribution >= 0.6 is 0 Å². The number of hydrogen-bond donors (Lipinski definition) is 1. The molecule has 0 saturated carbocycles. The van der Waals surface area contributed by atoms with Crippen LogP contribution in [0.4, 0.5) is 0 Å². The Labute approximate surface area is 110 Å². The van der Waals surface area contributed by atoms with Gasteiger partial charge in [0.15, 0.2) is 0 Å². The van der Waals surface area contributed by atoms with Crippen LogP contribution in [-0.4, -0.2) is 5.16 Å². The van der Waals surface area contributed by atoms with Crippen LogP contribution in [0.2, 0.25) is 0 Å². The minimum atomic E-state index is -0.252. The van der Waals surface area contributed by atoms with Crippen molar-refractivity contribution >= 4 is 0 Å². The molecule has 3 heteroatoms. The molecule has 1 aromatic rings. The van der Waals surface area contributed by atoms with E-state index in [1.807, 2.05) is 0 Å². The second kappa shape index (κ2) is 9.01. The minimum Gasteiger partial charge on any atom is -0.339 e. The van der Waals surface area contributed by atoms with Gasteiger partial charge in [-0.2, -0.15) is 0 Å². The summed E-state index contributed by atoms with van der Waals surface area (Å²) in [7, 11) is 0. The Morgan fingerprint density at radius 3 is 2.33 bits per heavy atom. The van der Waals surface area contributed by atoms with Crippen LogP contribution < -0.4 is 5.63 Å². The Kier molecular flexibility index (Phi) is 7.54. The third-order valence-electron chi connectivity index (χ3n) is 3.54. The molecule has 0 aliphatic heterocycles. The highest BCUT2D eigenvalue weighted by atomic mass is 16.5. The second-order valence-corrected chi connectivity index (χ2v) is 5.16. The van der Waals surface area contributed by atoms with E-state index in [1.165, 1.54) is 51.4 Å². The highest BCUT2D eigenvalue weighted by Crippen LogP contribution is 2.26. The molecule has 0 spiro atoms. The maximum Gasteiger partial charge on any atom is 0.357 e. The van der Waals surface area contributed by atoms with Crippen molar-refractivity contribution in [1.29, 1.82) is 0 Å². The number of rotatable bonds is 10. The van der Waals surface area contributed by atoms with E-state index in [1.54, 1.807) is 6.07 Å². The van der Waals surface area contributed by atoms with Crippen molar-refractivity contribution < 1.29 is 4.52 Å². The molecule has 3 nitrogen and oxygen atoms in total. The van der Waals surface area contributed by atoms with E-state index in [-0.39, 0.29) is 5.63 Å². The fourth-order valence-electron chi connectivity index (χ4n) is 2.40. The minimum absolute atomic E-state index is 0.252. The highest BCUT2D eigenvalue weighted by molar-refractivity contribution is 5.04. The molecule has 1 N–H and O–H groups in total. The molecule has 0 bridgehead atoms. The van der Waals surface area contributed by atoms with Gasteiger partial charge in [0.1, 0.15) is 0 Å². The predicted octanol–water partition coefficient (Wildman–Crippen LogP) is 4.60. The smallest absolute Gasteiger partial charge is 0.339 e. The molecule has 0 aliphatic rings. The van der Waals surface area contributed by atoms with E-state index in [0.29, 0.717) is 5.92 Å². The average molecular weight is 253 g/mol. The molecule has 1 rings (SSSR count). The van der Waals surface area contributed by atoms with Crippen molar-refractivity contribution in [3.05, 3.63) is 22.2 Å². The lowest BCUT2D eigenvalue weighted by atomic mass is 9.92. The van der Waals surface area contributed by atoms with Crippen molar-refractivity contribution in [1.82, 2.24) is 5.16 Å². The van der Waals surface area contributed by atoms with Gasteiger partial charge in [0.05, 0.1) is 5.69 Å². The molecule has 0 aromatic carbocycles. The third-order valence-corrected chi connectivity index (χ3v) is 3.54. The Bertz CT molecular complexity index is 353. The second-order valence-electron chi connectivity index (χ2n) is 5.16. The first kappa shape index (κ1) is 15.1. The van der Waals surface area contributed by atoms with Gasteiger partial charge in [0.25, 0.3) is 0 Å². The molecular weight excluding hydrogens is 226 g/mol. The monoisotopic (exact) mass is 253 g/mol. The summed E-state index contributed by atoms with van der Waals surface area (Å²) in [5.74, 6) is 0.470. The van der Waals surface area contributed by atoms with Crippen LogP contribution in [0.15, 0.2) is 15.4 Å². The van der Waals surface area contributed by atoms with Gasteiger partial charge < -0.3 is 4.52 Å². The van der Waals surface area contributed by atoms with Crippen molar-refractivity contribution in [2.24, 2.45) is 0 Å². The van der Waals surface area contributed by atoms with E-state index >= 15 is 0 Å². The van der Waals surface area contributed by atoms with Gasteiger partial charge in [-0.25, -0.2) is 9.95 Å². The van der Waals surface area contributed by atoms with Crippen molar-refractivity contribution in [2.45, 2.75) is 77.6 Å². The van der Waals surface area contributed by atoms with Gasteiger partial charge in [-0.3, -0.25) is 0 Å². The summed E-state index contributed by atoms with van der Waals surface area (Å²) in [6.45, 7) is 4.44. The number of nitrogens with one attached hydrogen (secondary N) is 1. The van der Waals surface area contributed by atoms with E-state index in [2.05, 4.69) is 19.0 Å². The molecule has 1 aromatic heterocycles. The van der Waals surface area contributed by atoms with Crippen LogP contribution in [0.5, 0.6) is 0 Å². The van der Waals surface area contributed by atoms with Crippen LogP contribution in [0, 0.1) is 0 Å². The lowest BCUT2D eigenvalue weighted by molar-refractivity contribution is 0.372. The Morgan fingerprint density at radius 1 is 1.06 bits per heavy atom. The first-order valence-electron chi connectivity index (χ1n) is 7.46. The van der Waals surface area contributed by atoms with Crippen LogP contribution in [0.3, 0.4) is 0 Å². The Hall–Kier alpha value is -0.990. The van der Waals surface area contributed by atoms with Crippen LogP contribution in [-0.2, 0) is 0 Å². The molecule has 18 heavy (non-hydrogen) atoms. The molecule has 0 amide bonds. The van der Waals surface area contributed by atoms with E-state index < -0.39 is 0 Å². The average Bonchev–Trinajstić information content (AvgIpc) is 2.79. The SMILES string of the molecule is CCCCCCCC(CCCC)c1cc(=O)o[nH]1. The molecule has 1 unspecified atom stereocenters. The normalized spacial score (nSPS) is 12.8. The lowest BCUT2D eigenvalue weighted by Gasteiger charge is -2.14. The molecule has 0 fully saturated rings. The maximum atomic E-state index is 11.1. The zero-order chi connectivity index (χ0) is 13.2. The summed E-state index contributed by atoms with van der Waals surface area (Å²) in [5, 5.41) is 2.78. The summed E-state index contributed by atoms with van der Waals surface area (Å²) in [4.78, 5) is 11.1. The van der Waals surface area contributed by atoms with Gasteiger partial charge in [0.2, 0.25) is 0 Å². The summed E-state index contributed by atoms with van der Waals surface area (Å²) >= 11 is 0. The molecule has 1 heterocycles. The van der Waals surface area contributed by atoms with Gasteiger partial charge in [0, 0.05) is 12.0 Å². The number of unbranched alkanes of at least 4 members (excludes halogenated alkanes) is 5. The van der Waals surface area contributed by atoms with Crippen LogP contribution in [0.1, 0.15) is 83.2 Å². The maximum absolute atomic E-state index is 11.1. The first-order chi connectivity index (χ1) is 8.77. The molecular formula is C15H27NO2. The Morgan fingerprint density at radius 2 is 1.72 bits per heavy atom. The molecule has 0 aliphatic carbocycles. The molecule has 0 saturated heterocycles. The standard InChI is InChI=1S/C15H27NO2/c1-3-5-7-8-9-11-13(10-6-4-2)14-12-15(17)18-16-14/h12-13,16H,3-11H2,1-2H3.